The third-order valence-corrected chi connectivity index (χ3v) is 5.18. The van der Waals surface area contributed by atoms with Gasteiger partial charge in [0.1, 0.15) is 5.82 Å². The minimum atomic E-state index is -0.173. The molecule has 0 radical (unpaired) electrons. The number of aromatic amines is 1. The highest BCUT2D eigenvalue weighted by molar-refractivity contribution is 6.04. The van der Waals surface area contributed by atoms with Gasteiger partial charge in [-0.2, -0.15) is 0 Å². The summed E-state index contributed by atoms with van der Waals surface area (Å²) < 4.78 is 0. The summed E-state index contributed by atoms with van der Waals surface area (Å²) in [4.78, 5) is 24.2. The van der Waals surface area contributed by atoms with Crippen LogP contribution < -0.4 is 10.6 Å². The number of H-pyrrole nitrogens is 1. The minimum absolute atomic E-state index is 0.173. The van der Waals surface area contributed by atoms with Gasteiger partial charge in [-0.1, -0.05) is 24.3 Å². The minimum Gasteiger partial charge on any atom is -0.381 e. The Kier molecular flexibility index (Phi) is 5.32. The van der Waals surface area contributed by atoms with Crippen LogP contribution in [-0.2, 0) is 6.54 Å². The average molecular weight is 419 g/mol. The molecule has 0 fully saturated rings. The summed E-state index contributed by atoms with van der Waals surface area (Å²) in [6.07, 6.45) is 3.19. The fourth-order valence-electron chi connectivity index (χ4n) is 3.45. The second-order valence-electron chi connectivity index (χ2n) is 7.43. The van der Waals surface area contributed by atoms with Gasteiger partial charge < -0.3 is 15.6 Å². The van der Waals surface area contributed by atoms with Gasteiger partial charge >= 0.3 is 0 Å². The number of carbonyl (C=O) groups excluding carboxylic acids is 1. The number of fused-ring (bicyclic) bond motifs is 1. The van der Waals surface area contributed by atoms with Crippen LogP contribution in [0.3, 0.4) is 0 Å². The Morgan fingerprint density at radius 2 is 1.62 bits per heavy atom. The van der Waals surface area contributed by atoms with E-state index in [1.165, 1.54) is 0 Å². The molecular formula is C26H21N5O. The van der Waals surface area contributed by atoms with Gasteiger partial charge in [-0.3, -0.25) is 9.78 Å². The summed E-state index contributed by atoms with van der Waals surface area (Å²) in [5, 5.41) is 6.31. The molecule has 6 heteroatoms. The highest BCUT2D eigenvalue weighted by Crippen LogP contribution is 2.22. The zero-order valence-electron chi connectivity index (χ0n) is 17.2. The molecule has 3 N–H and O–H groups in total. The van der Waals surface area contributed by atoms with Gasteiger partial charge in [0.2, 0.25) is 0 Å². The molecule has 0 aliphatic carbocycles. The number of carbonyl (C=O) groups is 1. The molecule has 2 heterocycles. The van der Waals surface area contributed by atoms with Crippen LogP contribution in [0.15, 0.2) is 97.3 Å². The van der Waals surface area contributed by atoms with Gasteiger partial charge in [0.25, 0.3) is 5.91 Å². The molecule has 0 aliphatic rings. The molecule has 32 heavy (non-hydrogen) atoms. The molecule has 0 bridgehead atoms. The molecule has 2 aromatic heterocycles. The van der Waals surface area contributed by atoms with Gasteiger partial charge in [-0.05, 0) is 66.2 Å². The largest absolute Gasteiger partial charge is 0.381 e. The summed E-state index contributed by atoms with van der Waals surface area (Å²) in [6.45, 7) is 0.681. The fourth-order valence-corrected chi connectivity index (χ4v) is 3.45. The molecular weight excluding hydrogens is 398 g/mol. The van der Waals surface area contributed by atoms with Gasteiger partial charge in [0.15, 0.2) is 0 Å². The van der Waals surface area contributed by atoms with Gasteiger partial charge in [0.05, 0.1) is 16.6 Å². The van der Waals surface area contributed by atoms with Gasteiger partial charge in [-0.25, -0.2) is 4.98 Å². The summed E-state index contributed by atoms with van der Waals surface area (Å²) in [7, 11) is 0. The zero-order valence-corrected chi connectivity index (χ0v) is 17.2. The van der Waals surface area contributed by atoms with Crippen LogP contribution in [0.25, 0.3) is 22.4 Å². The third-order valence-electron chi connectivity index (χ3n) is 5.18. The quantitative estimate of drug-likeness (QED) is 0.340. The number of aromatic nitrogens is 3. The number of rotatable bonds is 6. The smallest absolute Gasteiger partial charge is 0.257 e. The normalized spacial score (nSPS) is 10.8. The van der Waals surface area contributed by atoms with E-state index in [2.05, 4.69) is 37.7 Å². The number of hydrogen-bond acceptors (Lipinski definition) is 4. The first-order chi connectivity index (χ1) is 15.7. The molecule has 0 spiro atoms. The summed E-state index contributed by atoms with van der Waals surface area (Å²) in [5.41, 5.74) is 6.46. The second kappa shape index (κ2) is 8.73. The van der Waals surface area contributed by atoms with E-state index in [1.807, 2.05) is 60.7 Å². The molecule has 3 aromatic carbocycles. The van der Waals surface area contributed by atoms with Crippen LogP contribution >= 0.6 is 0 Å². The van der Waals surface area contributed by atoms with Crippen molar-refractivity contribution >= 4 is 28.3 Å². The van der Waals surface area contributed by atoms with Crippen LogP contribution in [-0.4, -0.2) is 20.9 Å². The number of benzene rings is 3. The second-order valence-corrected chi connectivity index (χ2v) is 7.43. The van der Waals surface area contributed by atoms with E-state index in [0.717, 1.165) is 39.4 Å². The van der Waals surface area contributed by atoms with Crippen LogP contribution in [0.2, 0.25) is 0 Å². The SMILES string of the molecule is O=C(Nc1ccc(CNc2ccc(-c3nc4ccccc4[nH]3)cc2)cc1)c1cccnc1. The molecule has 6 nitrogen and oxygen atoms in total. The van der Waals surface area contributed by atoms with Crippen molar-refractivity contribution in [1.82, 2.24) is 15.0 Å². The molecule has 0 saturated carbocycles. The maximum absolute atomic E-state index is 12.2. The lowest BCUT2D eigenvalue weighted by molar-refractivity contribution is 0.102. The van der Waals surface area contributed by atoms with E-state index in [1.54, 1.807) is 24.5 Å². The number of para-hydroxylation sites is 2. The Morgan fingerprint density at radius 1 is 0.844 bits per heavy atom. The molecule has 5 aromatic rings. The Balaban J connectivity index is 1.19. The lowest BCUT2D eigenvalue weighted by Crippen LogP contribution is -2.12. The van der Waals surface area contributed by atoms with Crippen molar-refractivity contribution in [1.29, 1.82) is 0 Å². The molecule has 0 atom stereocenters. The van der Waals surface area contributed by atoms with Crippen molar-refractivity contribution in [3.8, 4) is 11.4 Å². The monoisotopic (exact) mass is 419 g/mol. The number of hydrogen-bond donors (Lipinski definition) is 3. The maximum Gasteiger partial charge on any atom is 0.257 e. The Morgan fingerprint density at radius 3 is 2.38 bits per heavy atom. The van der Waals surface area contributed by atoms with E-state index in [9.17, 15) is 4.79 Å². The van der Waals surface area contributed by atoms with E-state index >= 15 is 0 Å². The van der Waals surface area contributed by atoms with Crippen LogP contribution in [0.5, 0.6) is 0 Å². The van der Waals surface area contributed by atoms with Crippen molar-refractivity contribution < 1.29 is 4.79 Å². The van der Waals surface area contributed by atoms with Crippen molar-refractivity contribution in [2.45, 2.75) is 6.54 Å². The van der Waals surface area contributed by atoms with Crippen LogP contribution in [0, 0.1) is 0 Å². The molecule has 0 saturated heterocycles. The van der Waals surface area contributed by atoms with E-state index in [0.29, 0.717) is 12.1 Å². The first-order valence-electron chi connectivity index (χ1n) is 10.3. The van der Waals surface area contributed by atoms with Crippen LogP contribution in [0.1, 0.15) is 15.9 Å². The standard InChI is InChI=1S/C26H21N5O/c32-26(20-4-3-15-27-17-20)29-22-11-7-18(8-12-22)16-28-21-13-9-19(10-14-21)25-30-23-5-1-2-6-24(23)31-25/h1-15,17,28H,16H2,(H,29,32)(H,30,31). The average Bonchev–Trinajstić information content (AvgIpc) is 3.29. The Bertz CT molecular complexity index is 1310. The molecule has 5 rings (SSSR count). The predicted molar refractivity (Wildman–Crippen MR) is 127 cm³/mol. The highest BCUT2D eigenvalue weighted by atomic mass is 16.1. The maximum atomic E-state index is 12.2. The Labute approximate surface area is 185 Å². The molecule has 156 valence electrons. The molecule has 0 aliphatic heterocycles. The number of pyridine rings is 1. The van der Waals surface area contributed by atoms with Crippen molar-refractivity contribution in [3.63, 3.8) is 0 Å². The number of amides is 1. The predicted octanol–water partition coefficient (Wildman–Crippen LogP) is 5.49. The van der Waals surface area contributed by atoms with Gasteiger partial charge in [-0.15, -0.1) is 0 Å². The first-order valence-corrected chi connectivity index (χ1v) is 10.3. The summed E-state index contributed by atoms with van der Waals surface area (Å²) >= 11 is 0. The van der Waals surface area contributed by atoms with Crippen molar-refractivity contribution in [2.75, 3.05) is 10.6 Å². The summed E-state index contributed by atoms with van der Waals surface area (Å²) in [6, 6.07) is 27.5. The molecule has 1 amide bonds. The van der Waals surface area contributed by atoms with E-state index in [4.69, 9.17) is 0 Å². The first kappa shape index (κ1) is 19.5. The lowest BCUT2D eigenvalue weighted by Gasteiger charge is -2.09. The van der Waals surface area contributed by atoms with Crippen molar-refractivity contribution in [2.24, 2.45) is 0 Å². The van der Waals surface area contributed by atoms with Crippen LogP contribution in [0.4, 0.5) is 11.4 Å². The highest BCUT2D eigenvalue weighted by Gasteiger charge is 2.06. The Hall–Kier alpha value is -4.45. The number of nitrogens with one attached hydrogen (secondary N) is 3. The number of imidazole rings is 1. The number of anilines is 2. The number of nitrogens with zero attached hydrogens (tertiary/aromatic N) is 2. The topological polar surface area (TPSA) is 82.7 Å². The third kappa shape index (κ3) is 4.34. The molecule has 0 unspecified atom stereocenters. The lowest BCUT2D eigenvalue weighted by atomic mass is 10.1. The summed E-state index contributed by atoms with van der Waals surface area (Å²) in [5.74, 6) is 0.690. The fraction of sp³-hybridized carbons (Fsp3) is 0.0385. The van der Waals surface area contributed by atoms with E-state index in [-0.39, 0.29) is 5.91 Å². The van der Waals surface area contributed by atoms with E-state index < -0.39 is 0 Å². The zero-order chi connectivity index (χ0) is 21.8. The van der Waals surface area contributed by atoms with Gasteiger partial charge in [0, 0.05) is 35.9 Å². The van der Waals surface area contributed by atoms with Crippen molar-refractivity contribution in [3.05, 3.63) is 108 Å².